The van der Waals surface area contributed by atoms with Crippen LogP contribution in [0.25, 0.3) is 0 Å². The average molecular weight is 362 g/mol. The van der Waals surface area contributed by atoms with Gasteiger partial charge in [-0.3, -0.25) is 0 Å². The summed E-state index contributed by atoms with van der Waals surface area (Å²) < 4.78 is 0. The molecule has 136 valence electrons. The normalized spacial score (nSPS) is 15.3. The number of aromatic hydroxyl groups is 2. The Bertz CT molecular complexity index is 1050. The Labute approximate surface area is 155 Å². The summed E-state index contributed by atoms with van der Waals surface area (Å²) in [5, 5.41) is 19.7. The predicted molar refractivity (Wildman–Crippen MR) is 105 cm³/mol. The fourth-order valence-corrected chi connectivity index (χ4v) is 2.54. The van der Waals surface area contributed by atoms with Gasteiger partial charge >= 0.3 is 0 Å². The van der Waals surface area contributed by atoms with Crippen molar-refractivity contribution in [2.45, 2.75) is 0 Å². The molecule has 8 nitrogen and oxygen atoms in total. The number of hydrogen-bond acceptors (Lipinski definition) is 7. The third-order valence-electron chi connectivity index (χ3n) is 3.64. The topological polar surface area (TPSA) is 156 Å². The van der Waals surface area contributed by atoms with Gasteiger partial charge in [0.1, 0.15) is 28.8 Å². The van der Waals surface area contributed by atoms with Gasteiger partial charge in [0.15, 0.2) is 5.84 Å². The Morgan fingerprint density at radius 2 is 1.37 bits per heavy atom. The van der Waals surface area contributed by atoms with Crippen LogP contribution in [-0.4, -0.2) is 27.5 Å². The third-order valence-corrected chi connectivity index (χ3v) is 3.64. The second kappa shape index (κ2) is 7.04. The lowest BCUT2D eigenvalue weighted by Crippen LogP contribution is -2.27. The summed E-state index contributed by atoms with van der Waals surface area (Å²) in [7, 11) is 0. The van der Waals surface area contributed by atoms with E-state index >= 15 is 0 Å². The molecule has 0 bridgehead atoms. The molecule has 8 heteroatoms. The van der Waals surface area contributed by atoms with Crippen molar-refractivity contribution in [1.82, 2.24) is 0 Å². The van der Waals surface area contributed by atoms with E-state index in [0.29, 0.717) is 22.6 Å². The molecule has 0 fully saturated rings. The molecule has 0 unspecified atom stereocenters. The SMILES string of the molecule is C=C(N)/N=C1/N=C(c2cccc(O)c2)C(c2cccc(O)c2)=NC1=C(N)N. The molecule has 0 saturated carbocycles. The predicted octanol–water partition coefficient (Wildman–Crippen LogP) is 1.30. The lowest BCUT2D eigenvalue weighted by atomic mass is 9.97. The highest BCUT2D eigenvalue weighted by Gasteiger charge is 2.24. The maximum Gasteiger partial charge on any atom is 0.184 e. The minimum absolute atomic E-state index is 0.0127. The lowest BCUT2D eigenvalue weighted by Gasteiger charge is -2.18. The van der Waals surface area contributed by atoms with E-state index in [1.807, 2.05) is 0 Å². The number of benzene rings is 2. The van der Waals surface area contributed by atoms with Crippen molar-refractivity contribution in [3.8, 4) is 11.5 Å². The molecule has 1 aliphatic rings. The summed E-state index contributed by atoms with van der Waals surface area (Å²) in [4.78, 5) is 13.1. The van der Waals surface area contributed by atoms with Gasteiger partial charge in [-0.25, -0.2) is 15.0 Å². The van der Waals surface area contributed by atoms with E-state index in [9.17, 15) is 10.2 Å². The molecule has 0 aliphatic carbocycles. The van der Waals surface area contributed by atoms with Crippen molar-refractivity contribution in [3.63, 3.8) is 0 Å². The second-order valence-electron chi connectivity index (χ2n) is 5.75. The van der Waals surface area contributed by atoms with E-state index in [2.05, 4.69) is 21.6 Å². The van der Waals surface area contributed by atoms with Crippen molar-refractivity contribution in [2.75, 3.05) is 0 Å². The Kier molecular flexibility index (Phi) is 4.63. The molecule has 0 spiro atoms. The van der Waals surface area contributed by atoms with Gasteiger partial charge in [0.05, 0.1) is 11.4 Å². The number of rotatable bonds is 3. The van der Waals surface area contributed by atoms with Crippen LogP contribution in [0.5, 0.6) is 11.5 Å². The fraction of sp³-hybridized carbons (Fsp3) is 0. The van der Waals surface area contributed by atoms with Crippen molar-refractivity contribution in [1.29, 1.82) is 0 Å². The van der Waals surface area contributed by atoms with E-state index in [1.54, 1.807) is 24.3 Å². The summed E-state index contributed by atoms with van der Waals surface area (Å²) >= 11 is 0. The first-order chi connectivity index (χ1) is 12.8. The number of phenols is 2. The summed E-state index contributed by atoms with van der Waals surface area (Å²) in [5.41, 5.74) is 19.2. The molecule has 3 rings (SSSR count). The maximum absolute atomic E-state index is 9.85. The highest BCUT2D eigenvalue weighted by molar-refractivity contribution is 6.56. The van der Waals surface area contributed by atoms with Crippen LogP contribution >= 0.6 is 0 Å². The summed E-state index contributed by atoms with van der Waals surface area (Å²) in [6, 6.07) is 13.0. The summed E-state index contributed by atoms with van der Waals surface area (Å²) in [6.45, 7) is 3.54. The van der Waals surface area contributed by atoms with Gasteiger partial charge in [-0.15, -0.1) is 0 Å². The van der Waals surface area contributed by atoms with Crippen LogP contribution in [0.2, 0.25) is 0 Å². The largest absolute Gasteiger partial charge is 0.508 e. The van der Waals surface area contributed by atoms with Gasteiger partial charge in [0, 0.05) is 11.1 Å². The van der Waals surface area contributed by atoms with Crippen LogP contribution < -0.4 is 17.2 Å². The van der Waals surface area contributed by atoms with E-state index in [0.717, 1.165) is 0 Å². The first-order valence-corrected chi connectivity index (χ1v) is 7.90. The smallest absolute Gasteiger partial charge is 0.184 e. The molecule has 2 aromatic rings. The Morgan fingerprint density at radius 1 is 0.852 bits per heavy atom. The Balaban J connectivity index is 2.28. The first-order valence-electron chi connectivity index (χ1n) is 7.90. The van der Waals surface area contributed by atoms with Crippen LogP contribution in [0.15, 0.2) is 87.4 Å². The van der Waals surface area contributed by atoms with Gasteiger partial charge < -0.3 is 27.4 Å². The number of hydrogen-bond donors (Lipinski definition) is 5. The van der Waals surface area contributed by atoms with E-state index in [-0.39, 0.29) is 34.7 Å². The molecular formula is C19H18N6O2. The Morgan fingerprint density at radius 3 is 1.81 bits per heavy atom. The number of amidine groups is 1. The monoisotopic (exact) mass is 362 g/mol. The minimum Gasteiger partial charge on any atom is -0.508 e. The zero-order chi connectivity index (χ0) is 19.6. The van der Waals surface area contributed by atoms with Crippen LogP contribution in [0.1, 0.15) is 11.1 Å². The zero-order valence-corrected chi connectivity index (χ0v) is 14.3. The number of nitrogens with zero attached hydrogens (tertiary/aromatic N) is 3. The molecule has 0 radical (unpaired) electrons. The van der Waals surface area contributed by atoms with Crippen molar-refractivity contribution in [3.05, 3.63) is 83.6 Å². The standard InChI is InChI=1S/C19H18N6O2/c1-10(20)23-19-17(18(21)22)24-15(11-4-2-6-13(26)8-11)16(25-19)12-5-3-7-14(27)9-12/h2-9,26-27H,1,20-22H2/b23-19+. The van der Waals surface area contributed by atoms with E-state index in [1.165, 1.54) is 24.3 Å². The van der Waals surface area contributed by atoms with E-state index < -0.39 is 0 Å². The number of aliphatic imine (C=N–C) groups is 3. The highest BCUT2D eigenvalue weighted by Crippen LogP contribution is 2.23. The van der Waals surface area contributed by atoms with Crippen LogP contribution in [0.4, 0.5) is 0 Å². The first kappa shape index (κ1) is 17.7. The van der Waals surface area contributed by atoms with Gasteiger partial charge in [0.2, 0.25) is 0 Å². The molecule has 0 atom stereocenters. The van der Waals surface area contributed by atoms with Crippen LogP contribution in [-0.2, 0) is 0 Å². The zero-order valence-electron chi connectivity index (χ0n) is 14.3. The maximum atomic E-state index is 9.85. The van der Waals surface area contributed by atoms with Gasteiger partial charge in [-0.05, 0) is 24.3 Å². The minimum atomic E-state index is -0.0913. The molecule has 1 heterocycles. The highest BCUT2D eigenvalue weighted by atomic mass is 16.3. The van der Waals surface area contributed by atoms with Crippen molar-refractivity contribution >= 4 is 17.3 Å². The van der Waals surface area contributed by atoms with E-state index in [4.69, 9.17) is 17.2 Å². The second-order valence-corrected chi connectivity index (χ2v) is 5.75. The summed E-state index contributed by atoms with van der Waals surface area (Å²) in [6.07, 6.45) is 0. The molecule has 0 saturated heterocycles. The molecule has 0 aromatic heterocycles. The summed E-state index contributed by atoms with van der Waals surface area (Å²) in [5.74, 6) is 0.147. The average Bonchev–Trinajstić information content (AvgIpc) is 2.60. The van der Waals surface area contributed by atoms with Crippen LogP contribution in [0.3, 0.4) is 0 Å². The number of nitrogens with two attached hydrogens (primary N) is 3. The lowest BCUT2D eigenvalue weighted by molar-refractivity contribution is 0.474. The third kappa shape index (κ3) is 3.79. The van der Waals surface area contributed by atoms with Gasteiger partial charge in [0.25, 0.3) is 0 Å². The van der Waals surface area contributed by atoms with Gasteiger partial charge in [-0.1, -0.05) is 30.8 Å². The van der Waals surface area contributed by atoms with Crippen molar-refractivity contribution in [2.24, 2.45) is 32.2 Å². The molecular weight excluding hydrogens is 344 g/mol. The number of phenolic OH excluding ortho intramolecular Hbond substituents is 2. The fourth-order valence-electron chi connectivity index (χ4n) is 2.54. The van der Waals surface area contributed by atoms with Crippen molar-refractivity contribution < 1.29 is 10.2 Å². The molecule has 8 N–H and O–H groups in total. The van der Waals surface area contributed by atoms with Gasteiger partial charge in [-0.2, -0.15) is 0 Å². The molecule has 27 heavy (non-hydrogen) atoms. The van der Waals surface area contributed by atoms with Crippen LogP contribution in [0, 0.1) is 0 Å². The molecule has 1 aliphatic heterocycles. The molecule has 2 aromatic carbocycles. The Hall–Kier alpha value is -4.07. The quantitative estimate of drug-likeness (QED) is 0.556. The molecule has 0 amide bonds.